The molecule has 5 heterocycles. The SMILES string of the molecule is CC(C)(C)OC(=O)N1CCC[C@H]1c1ncc(-c2ccc(-c3nc(O)c4cc(-c5cnc([C@@H]6CCCN6C(=O)OC(C)(C)C)n5COCC[Si](C)(C)C)ccc4n3)cc2)n1COCC[Si](C)(C)C. The van der Waals surface area contributed by atoms with Crippen molar-refractivity contribution < 1.29 is 33.6 Å². The number of imidazole rings is 2. The highest BCUT2D eigenvalue weighted by Crippen LogP contribution is 2.38. The number of hydrogen-bond acceptors (Lipinski definition) is 11. The zero-order valence-corrected chi connectivity index (χ0v) is 43.8. The number of amides is 2. The van der Waals surface area contributed by atoms with Crippen LogP contribution >= 0.6 is 0 Å². The van der Waals surface area contributed by atoms with Gasteiger partial charge in [-0.3, -0.25) is 9.80 Å². The minimum absolute atomic E-state index is 0.139. The zero-order valence-electron chi connectivity index (χ0n) is 41.8. The molecule has 0 radical (unpaired) electrons. The molecule has 2 atom stereocenters. The highest BCUT2D eigenvalue weighted by Gasteiger charge is 2.38. The lowest BCUT2D eigenvalue weighted by Gasteiger charge is -2.29. The Labute approximate surface area is 398 Å². The maximum absolute atomic E-state index is 13.4. The molecule has 0 saturated carbocycles. The van der Waals surface area contributed by atoms with E-state index in [1.165, 1.54) is 0 Å². The Hall–Kier alpha value is -5.11. The van der Waals surface area contributed by atoms with E-state index in [-0.39, 0.29) is 36.9 Å². The fraction of sp³-hybridized carbons (Fsp3) is 0.560. The van der Waals surface area contributed by atoms with Gasteiger partial charge in [-0.15, -0.1) is 0 Å². The number of rotatable bonds is 15. The molecular formula is C50H72N8O7Si2. The first-order valence-corrected chi connectivity index (χ1v) is 31.2. The number of aromatic hydroxyl groups is 1. The molecule has 3 aromatic heterocycles. The molecule has 67 heavy (non-hydrogen) atoms. The Morgan fingerprint density at radius 1 is 0.657 bits per heavy atom. The van der Waals surface area contributed by atoms with E-state index in [4.69, 9.17) is 33.9 Å². The maximum atomic E-state index is 13.4. The van der Waals surface area contributed by atoms with Crippen LogP contribution in [0.1, 0.15) is 91.0 Å². The van der Waals surface area contributed by atoms with Crippen LogP contribution in [0, 0.1) is 0 Å². The van der Waals surface area contributed by atoms with Crippen molar-refractivity contribution in [2.75, 3.05) is 26.3 Å². The van der Waals surface area contributed by atoms with Crippen molar-refractivity contribution in [3.05, 3.63) is 66.5 Å². The van der Waals surface area contributed by atoms with E-state index >= 15 is 0 Å². The number of fused-ring (bicyclic) bond motifs is 1. The number of hydrogen-bond donors (Lipinski definition) is 1. The molecule has 1 N–H and O–H groups in total. The number of carbonyl (C=O) groups excluding carboxylic acids is 2. The van der Waals surface area contributed by atoms with Crippen molar-refractivity contribution in [1.29, 1.82) is 0 Å². The summed E-state index contributed by atoms with van der Waals surface area (Å²) in [7, 11) is -2.66. The van der Waals surface area contributed by atoms with E-state index in [0.717, 1.165) is 77.5 Å². The van der Waals surface area contributed by atoms with E-state index in [0.29, 0.717) is 49.8 Å². The first kappa shape index (κ1) is 49.8. The van der Waals surface area contributed by atoms with Gasteiger partial charge >= 0.3 is 12.2 Å². The summed E-state index contributed by atoms with van der Waals surface area (Å²) < 4.78 is 28.4. The van der Waals surface area contributed by atoms with Gasteiger partial charge in [0, 0.05) is 53.6 Å². The maximum Gasteiger partial charge on any atom is 0.410 e. The molecule has 0 bridgehead atoms. The van der Waals surface area contributed by atoms with Crippen LogP contribution in [0.25, 0.3) is 44.8 Å². The van der Waals surface area contributed by atoms with E-state index in [1.807, 2.05) is 101 Å². The molecular weight excluding hydrogens is 881 g/mol. The van der Waals surface area contributed by atoms with E-state index in [2.05, 4.69) is 48.8 Å². The lowest BCUT2D eigenvalue weighted by atomic mass is 10.1. The minimum atomic E-state index is -1.34. The average Bonchev–Trinajstić information content (AvgIpc) is 4.05. The van der Waals surface area contributed by atoms with Crippen LogP contribution in [0.3, 0.4) is 0 Å². The van der Waals surface area contributed by atoms with Gasteiger partial charge in [0.15, 0.2) is 5.82 Å². The lowest BCUT2D eigenvalue weighted by Crippen LogP contribution is -2.37. The topological polar surface area (TPSA) is 159 Å². The second-order valence-corrected chi connectivity index (χ2v) is 33.6. The van der Waals surface area contributed by atoms with Crippen LogP contribution in [0.15, 0.2) is 54.9 Å². The Balaban J connectivity index is 1.16. The Morgan fingerprint density at radius 3 is 1.57 bits per heavy atom. The minimum Gasteiger partial charge on any atom is -0.493 e. The summed E-state index contributed by atoms with van der Waals surface area (Å²) in [5.41, 5.74) is 3.49. The quantitative estimate of drug-likeness (QED) is 0.0786. The molecule has 17 heteroatoms. The highest BCUT2D eigenvalue weighted by atomic mass is 28.3. The predicted octanol–water partition coefficient (Wildman–Crippen LogP) is 11.5. The van der Waals surface area contributed by atoms with Crippen molar-refractivity contribution in [2.45, 2.75) is 155 Å². The van der Waals surface area contributed by atoms with E-state index in [1.54, 1.807) is 9.80 Å². The summed E-state index contributed by atoms with van der Waals surface area (Å²) in [4.78, 5) is 49.6. The third kappa shape index (κ3) is 12.5. The van der Waals surface area contributed by atoms with Gasteiger partial charge in [0.2, 0.25) is 5.88 Å². The van der Waals surface area contributed by atoms with Crippen LogP contribution < -0.4 is 0 Å². The molecule has 2 aromatic carbocycles. The summed E-state index contributed by atoms with van der Waals surface area (Å²) in [6.07, 6.45) is 6.21. The number of nitrogens with zero attached hydrogens (tertiary/aromatic N) is 8. The molecule has 0 unspecified atom stereocenters. The molecule has 2 amide bonds. The van der Waals surface area contributed by atoms with Crippen LogP contribution in [0.5, 0.6) is 5.88 Å². The van der Waals surface area contributed by atoms with Gasteiger partial charge in [-0.05, 0) is 97.0 Å². The molecule has 15 nitrogen and oxygen atoms in total. The van der Waals surface area contributed by atoms with Gasteiger partial charge in [-0.1, -0.05) is 69.6 Å². The predicted molar refractivity (Wildman–Crippen MR) is 267 cm³/mol. The number of benzene rings is 2. The van der Waals surface area contributed by atoms with Crippen molar-refractivity contribution in [2.24, 2.45) is 0 Å². The third-order valence-corrected chi connectivity index (χ3v) is 15.4. The fourth-order valence-corrected chi connectivity index (χ4v) is 9.97. The van der Waals surface area contributed by atoms with Crippen LogP contribution in [0.2, 0.25) is 51.4 Å². The average molecular weight is 953 g/mol. The van der Waals surface area contributed by atoms with Gasteiger partial charge in [0.1, 0.15) is 36.3 Å². The summed E-state index contributed by atoms with van der Waals surface area (Å²) >= 11 is 0. The Bertz CT molecular complexity index is 2530. The number of carbonyl (C=O) groups is 2. The molecule has 0 spiro atoms. The van der Waals surface area contributed by atoms with E-state index < -0.39 is 27.3 Å². The summed E-state index contributed by atoms with van der Waals surface area (Å²) in [6, 6.07) is 15.2. The standard InChI is InChI=1S/C50H72N8O7Si2/c1-49(2,3)64-47(60)55-23-13-15-39(55)44-51-30-41(57(44)32-62-25-27-66(7,8)9)34-17-19-35(20-18-34)43-53-38-22-21-36(29-37(38)46(59)54-43)42-31-52-45(58(42)33-63-26-28-67(10,11)12)40-16-14-24-56(40)48(61)65-50(4,5)6/h17-22,29-31,39-40H,13-16,23-28,32-33H2,1-12H3,(H,53,54,59)/t39-,40-/m0/s1. The normalized spacial score (nSPS) is 17.2. The zero-order chi connectivity index (χ0) is 48.5. The Kier molecular flexibility index (Phi) is 14.8. The molecule has 2 aliphatic heterocycles. The molecule has 2 saturated heterocycles. The van der Waals surface area contributed by atoms with Crippen molar-refractivity contribution >= 4 is 39.2 Å². The molecule has 0 aliphatic carbocycles. The van der Waals surface area contributed by atoms with Crippen molar-refractivity contribution in [3.8, 4) is 39.8 Å². The second kappa shape index (κ2) is 19.9. The molecule has 5 aromatic rings. The van der Waals surface area contributed by atoms with Gasteiger partial charge in [0.05, 0.1) is 46.8 Å². The van der Waals surface area contributed by atoms with Gasteiger partial charge in [-0.2, -0.15) is 4.98 Å². The summed E-state index contributed by atoms with van der Waals surface area (Å²) in [6.45, 7) is 28.3. The number of ether oxygens (including phenoxy) is 4. The van der Waals surface area contributed by atoms with Gasteiger partial charge < -0.3 is 33.2 Å². The van der Waals surface area contributed by atoms with Crippen LogP contribution in [0.4, 0.5) is 9.59 Å². The molecule has 362 valence electrons. The summed E-state index contributed by atoms with van der Waals surface area (Å²) in [5, 5.41) is 12.0. The fourth-order valence-electron chi connectivity index (χ4n) is 8.45. The van der Waals surface area contributed by atoms with Crippen LogP contribution in [-0.2, 0) is 32.4 Å². The summed E-state index contributed by atoms with van der Waals surface area (Å²) in [5.74, 6) is 1.76. The lowest BCUT2D eigenvalue weighted by molar-refractivity contribution is 0.0195. The highest BCUT2D eigenvalue weighted by molar-refractivity contribution is 6.76. The largest absolute Gasteiger partial charge is 0.493 e. The van der Waals surface area contributed by atoms with Crippen LogP contribution in [-0.4, -0.2) is 110 Å². The third-order valence-electron chi connectivity index (χ3n) is 12.0. The Morgan fingerprint density at radius 2 is 1.10 bits per heavy atom. The van der Waals surface area contributed by atoms with E-state index in [9.17, 15) is 14.7 Å². The first-order chi connectivity index (χ1) is 31.4. The van der Waals surface area contributed by atoms with Gasteiger partial charge in [-0.25, -0.2) is 24.5 Å². The van der Waals surface area contributed by atoms with Crippen molar-refractivity contribution in [3.63, 3.8) is 0 Å². The second-order valence-electron chi connectivity index (χ2n) is 22.4. The molecule has 7 rings (SSSR count). The smallest absolute Gasteiger partial charge is 0.410 e. The first-order valence-electron chi connectivity index (χ1n) is 23.8. The number of aromatic nitrogens is 6. The monoisotopic (exact) mass is 953 g/mol. The molecule has 2 aliphatic rings. The molecule has 2 fully saturated rings. The van der Waals surface area contributed by atoms with Crippen molar-refractivity contribution in [1.82, 2.24) is 38.9 Å². The number of likely N-dealkylation sites (tertiary alicyclic amines) is 2. The van der Waals surface area contributed by atoms with Gasteiger partial charge in [0.25, 0.3) is 0 Å².